The molecule has 2 atom stereocenters. The molecule has 5 heteroatoms. The van der Waals surface area contributed by atoms with Crippen LogP contribution < -0.4 is 0 Å². The van der Waals surface area contributed by atoms with Crippen molar-refractivity contribution >= 4 is 17.7 Å². The number of likely N-dealkylation sites (tertiary alicyclic amines) is 1. The minimum Gasteiger partial charge on any atom is -0.388 e. The Bertz CT molecular complexity index is 229. The van der Waals surface area contributed by atoms with E-state index in [1.165, 1.54) is 4.90 Å². The Morgan fingerprint density at radius 3 is 2.20 bits per heavy atom. The number of carbonyl (C=O) groups is 1. The number of nitrogens with zero attached hydrogens (tertiary/aromatic N) is 1. The molecule has 1 saturated heterocycles. The molecule has 2 unspecified atom stereocenters. The molecule has 4 nitrogen and oxygen atoms in total. The summed E-state index contributed by atoms with van der Waals surface area (Å²) in [4.78, 5) is 13.2. The van der Waals surface area contributed by atoms with Crippen molar-refractivity contribution < 1.29 is 15.0 Å². The third-order valence-corrected chi connectivity index (χ3v) is 3.50. The van der Waals surface area contributed by atoms with Crippen LogP contribution in [0.2, 0.25) is 0 Å². The number of thioether (sulfide) groups is 1. The van der Waals surface area contributed by atoms with Crippen LogP contribution in [0.4, 0.5) is 0 Å². The number of hydrogen-bond donors (Lipinski definition) is 2. The van der Waals surface area contributed by atoms with Gasteiger partial charge in [0.2, 0.25) is 5.91 Å². The van der Waals surface area contributed by atoms with E-state index in [1.54, 1.807) is 11.8 Å². The van der Waals surface area contributed by atoms with Crippen LogP contribution in [0.3, 0.4) is 0 Å². The molecule has 15 heavy (non-hydrogen) atoms. The smallest absolute Gasteiger partial charge is 0.232 e. The highest BCUT2D eigenvalue weighted by Crippen LogP contribution is 2.24. The second kappa shape index (κ2) is 4.72. The summed E-state index contributed by atoms with van der Waals surface area (Å²) in [6.45, 7) is 6.67. The first-order valence-corrected chi connectivity index (χ1v) is 6.06. The summed E-state index contributed by atoms with van der Waals surface area (Å²) in [5, 5.41) is 18.6. The largest absolute Gasteiger partial charge is 0.388 e. The van der Waals surface area contributed by atoms with Crippen LogP contribution in [0.15, 0.2) is 0 Å². The van der Waals surface area contributed by atoms with E-state index < -0.39 is 12.2 Å². The van der Waals surface area contributed by atoms with Gasteiger partial charge in [-0.15, -0.1) is 11.8 Å². The van der Waals surface area contributed by atoms with Crippen molar-refractivity contribution in [2.45, 2.75) is 37.7 Å². The molecule has 0 radical (unpaired) electrons. The summed E-state index contributed by atoms with van der Waals surface area (Å²) in [6.07, 6.45) is -1.57. The van der Waals surface area contributed by atoms with Gasteiger partial charge in [-0.25, -0.2) is 0 Å². The van der Waals surface area contributed by atoms with Crippen LogP contribution in [-0.4, -0.2) is 56.8 Å². The zero-order valence-corrected chi connectivity index (χ0v) is 10.3. The third kappa shape index (κ3) is 4.01. The van der Waals surface area contributed by atoms with Gasteiger partial charge in [-0.05, 0) is 0 Å². The molecule has 1 fully saturated rings. The summed E-state index contributed by atoms with van der Waals surface area (Å²) < 4.78 is 0.0621. The lowest BCUT2D eigenvalue weighted by atomic mass is 10.3. The molecule has 0 aliphatic carbocycles. The molecule has 1 heterocycles. The number of aliphatic hydroxyl groups is 2. The topological polar surface area (TPSA) is 60.8 Å². The normalized spacial score (nSPS) is 27.1. The third-order valence-electron chi connectivity index (χ3n) is 2.24. The van der Waals surface area contributed by atoms with Gasteiger partial charge in [0.15, 0.2) is 0 Å². The predicted octanol–water partition coefficient (Wildman–Crippen LogP) is 0.0821. The van der Waals surface area contributed by atoms with E-state index in [-0.39, 0.29) is 23.7 Å². The Kier molecular flexibility index (Phi) is 4.03. The van der Waals surface area contributed by atoms with E-state index >= 15 is 0 Å². The van der Waals surface area contributed by atoms with Gasteiger partial charge in [0, 0.05) is 17.8 Å². The number of β-amino-alcohol motifs (C(OH)–C–C–N with tert-alkyl or cyclic N) is 2. The van der Waals surface area contributed by atoms with Crippen molar-refractivity contribution in [2.24, 2.45) is 0 Å². The first kappa shape index (κ1) is 12.8. The average Bonchev–Trinajstić information content (AvgIpc) is 2.42. The lowest BCUT2D eigenvalue weighted by Crippen LogP contribution is -2.32. The number of carbonyl (C=O) groups excluding carboxylic acids is 1. The zero-order valence-electron chi connectivity index (χ0n) is 9.43. The highest BCUT2D eigenvalue weighted by Gasteiger charge is 2.32. The molecule has 1 aliphatic heterocycles. The molecule has 2 N–H and O–H groups in total. The van der Waals surface area contributed by atoms with Gasteiger partial charge in [-0.1, -0.05) is 20.8 Å². The molecule has 0 saturated carbocycles. The number of rotatable bonds is 2. The Balaban J connectivity index is 2.36. The van der Waals surface area contributed by atoms with E-state index in [1.807, 2.05) is 0 Å². The number of aliphatic hydroxyl groups excluding tert-OH is 2. The Hall–Kier alpha value is -0.260. The molecule has 0 spiro atoms. The monoisotopic (exact) mass is 233 g/mol. The SMILES string of the molecule is CC(C)(C)SCC(=O)N1CC(O)C(O)C1. The highest BCUT2D eigenvalue weighted by atomic mass is 32.2. The molecule has 88 valence electrons. The van der Waals surface area contributed by atoms with E-state index in [4.69, 9.17) is 0 Å². The first-order chi connectivity index (χ1) is 6.79. The lowest BCUT2D eigenvalue weighted by Gasteiger charge is -2.20. The Labute approximate surface area is 94.7 Å². The van der Waals surface area contributed by atoms with Crippen LogP contribution in [0.5, 0.6) is 0 Å². The van der Waals surface area contributed by atoms with Crippen molar-refractivity contribution in [3.8, 4) is 0 Å². The quantitative estimate of drug-likeness (QED) is 0.709. The van der Waals surface area contributed by atoms with Gasteiger partial charge in [0.1, 0.15) is 0 Å². The van der Waals surface area contributed by atoms with Crippen molar-refractivity contribution in [3.05, 3.63) is 0 Å². The van der Waals surface area contributed by atoms with Crippen LogP contribution in [0, 0.1) is 0 Å². The molecule has 0 aromatic heterocycles. The van der Waals surface area contributed by atoms with Crippen LogP contribution in [-0.2, 0) is 4.79 Å². The van der Waals surface area contributed by atoms with Crippen molar-refractivity contribution in [3.63, 3.8) is 0 Å². The Morgan fingerprint density at radius 2 is 1.80 bits per heavy atom. The number of amides is 1. The molecule has 0 aromatic carbocycles. The molecule has 1 amide bonds. The van der Waals surface area contributed by atoms with Gasteiger partial charge in [-0.3, -0.25) is 4.79 Å². The highest BCUT2D eigenvalue weighted by molar-refractivity contribution is 8.01. The van der Waals surface area contributed by atoms with Crippen molar-refractivity contribution in [1.29, 1.82) is 0 Å². The zero-order chi connectivity index (χ0) is 11.6. The van der Waals surface area contributed by atoms with E-state index in [2.05, 4.69) is 20.8 Å². The van der Waals surface area contributed by atoms with Crippen LogP contribution in [0.1, 0.15) is 20.8 Å². The number of hydrogen-bond acceptors (Lipinski definition) is 4. The summed E-state index contributed by atoms with van der Waals surface area (Å²) in [5.41, 5.74) is 0. The second-order valence-corrected chi connectivity index (χ2v) is 6.64. The summed E-state index contributed by atoms with van der Waals surface area (Å²) >= 11 is 1.58. The maximum absolute atomic E-state index is 11.7. The molecule has 1 rings (SSSR count). The van der Waals surface area contributed by atoms with E-state index in [0.717, 1.165) is 0 Å². The fourth-order valence-electron chi connectivity index (χ4n) is 1.34. The maximum Gasteiger partial charge on any atom is 0.232 e. The molecular formula is C10H19NO3S. The molecular weight excluding hydrogens is 214 g/mol. The van der Waals surface area contributed by atoms with Crippen molar-refractivity contribution in [2.75, 3.05) is 18.8 Å². The minimum absolute atomic E-state index is 0.00877. The fourth-order valence-corrected chi connectivity index (χ4v) is 2.08. The molecule has 0 bridgehead atoms. The molecule has 0 aromatic rings. The van der Waals surface area contributed by atoms with Crippen molar-refractivity contribution in [1.82, 2.24) is 4.90 Å². The van der Waals surface area contributed by atoms with Gasteiger partial charge < -0.3 is 15.1 Å². The first-order valence-electron chi connectivity index (χ1n) is 5.07. The van der Waals surface area contributed by atoms with E-state index in [0.29, 0.717) is 5.75 Å². The van der Waals surface area contributed by atoms with Gasteiger partial charge >= 0.3 is 0 Å². The van der Waals surface area contributed by atoms with E-state index in [9.17, 15) is 15.0 Å². The summed E-state index contributed by atoms with van der Waals surface area (Å²) in [7, 11) is 0. The summed E-state index contributed by atoms with van der Waals surface area (Å²) in [6, 6.07) is 0. The molecule has 1 aliphatic rings. The van der Waals surface area contributed by atoms with Crippen LogP contribution in [0.25, 0.3) is 0 Å². The van der Waals surface area contributed by atoms with Crippen LogP contribution >= 0.6 is 11.8 Å². The van der Waals surface area contributed by atoms with Gasteiger partial charge in [0.05, 0.1) is 18.0 Å². The van der Waals surface area contributed by atoms with Gasteiger partial charge in [0.25, 0.3) is 0 Å². The predicted molar refractivity (Wildman–Crippen MR) is 60.8 cm³/mol. The maximum atomic E-state index is 11.7. The standard InChI is InChI=1S/C10H19NO3S/c1-10(2,3)15-6-9(14)11-4-7(12)8(13)5-11/h7-8,12-13H,4-6H2,1-3H3. The summed E-state index contributed by atoms with van der Waals surface area (Å²) in [5.74, 6) is 0.397. The Morgan fingerprint density at radius 1 is 1.33 bits per heavy atom. The second-order valence-electron chi connectivity index (χ2n) is 4.83. The lowest BCUT2D eigenvalue weighted by molar-refractivity contribution is -0.127. The fraction of sp³-hybridized carbons (Fsp3) is 0.900. The average molecular weight is 233 g/mol. The minimum atomic E-state index is -0.784. The van der Waals surface area contributed by atoms with Gasteiger partial charge in [-0.2, -0.15) is 0 Å².